The molecule has 1 aromatic rings. The molecule has 0 aliphatic carbocycles. The van der Waals surface area contributed by atoms with Gasteiger partial charge in [0.05, 0.1) is 16.2 Å². The number of carbonyl (C=O) groups excluding carboxylic acids is 1. The second kappa shape index (κ2) is 9.06. The van der Waals surface area contributed by atoms with Gasteiger partial charge < -0.3 is 10.4 Å². The van der Waals surface area contributed by atoms with Gasteiger partial charge in [0.15, 0.2) is 0 Å². The van der Waals surface area contributed by atoms with Crippen LogP contribution < -0.4 is 5.32 Å². The van der Waals surface area contributed by atoms with E-state index in [1.165, 1.54) is 19.1 Å². The number of amides is 1. The molecular weight excluding hydrogens is 326 g/mol. The highest BCUT2D eigenvalue weighted by Crippen LogP contribution is 2.25. The van der Waals surface area contributed by atoms with E-state index in [1.807, 2.05) is 0 Å². The number of nitro benzene ring substituents is 1. The van der Waals surface area contributed by atoms with Crippen molar-refractivity contribution in [1.29, 1.82) is 0 Å². The van der Waals surface area contributed by atoms with Crippen molar-refractivity contribution in [3.05, 3.63) is 33.9 Å². The molecule has 128 valence electrons. The smallest absolute Gasteiger partial charge is 0.320 e. The van der Waals surface area contributed by atoms with Gasteiger partial charge in [0.2, 0.25) is 5.91 Å². The van der Waals surface area contributed by atoms with E-state index >= 15 is 0 Å². The maximum atomic E-state index is 11.9. The number of hydrogen-bond donors (Lipinski definition) is 2. The van der Waals surface area contributed by atoms with Gasteiger partial charge in [0.1, 0.15) is 6.04 Å². The SMILES string of the molecule is Cc1c(NC(=O)CCN(C)C(C)C(=O)O)cccc1[N+](=O)[O-].Cl. The van der Waals surface area contributed by atoms with E-state index in [0.717, 1.165) is 0 Å². The molecule has 0 aliphatic heterocycles. The third kappa shape index (κ3) is 5.84. The second-order valence-electron chi connectivity index (χ2n) is 5.00. The predicted octanol–water partition coefficient (Wildman–Crippen LogP) is 2.06. The fourth-order valence-electron chi connectivity index (χ4n) is 1.83. The normalized spacial score (nSPS) is 11.5. The van der Waals surface area contributed by atoms with Gasteiger partial charge in [-0.3, -0.25) is 24.6 Å². The number of aliphatic carboxylic acids is 1. The van der Waals surface area contributed by atoms with Crippen molar-refractivity contribution in [2.24, 2.45) is 0 Å². The number of carboxylic acids is 1. The molecule has 0 bridgehead atoms. The largest absolute Gasteiger partial charge is 0.480 e. The minimum Gasteiger partial charge on any atom is -0.480 e. The molecule has 0 fully saturated rings. The molecule has 0 saturated heterocycles. The van der Waals surface area contributed by atoms with Crippen LogP contribution in [-0.4, -0.2) is 46.4 Å². The van der Waals surface area contributed by atoms with Crippen LogP contribution in [0.3, 0.4) is 0 Å². The third-order valence-corrected chi connectivity index (χ3v) is 3.49. The van der Waals surface area contributed by atoms with Gasteiger partial charge in [-0.2, -0.15) is 0 Å². The van der Waals surface area contributed by atoms with Crippen LogP contribution in [0.1, 0.15) is 18.9 Å². The van der Waals surface area contributed by atoms with Crippen molar-refractivity contribution < 1.29 is 19.6 Å². The molecule has 9 heteroatoms. The van der Waals surface area contributed by atoms with Crippen molar-refractivity contribution in [3.8, 4) is 0 Å². The maximum absolute atomic E-state index is 11.9. The van der Waals surface area contributed by atoms with Crippen molar-refractivity contribution >= 4 is 35.7 Å². The number of benzene rings is 1. The summed E-state index contributed by atoms with van der Waals surface area (Å²) in [5.74, 6) is -1.29. The third-order valence-electron chi connectivity index (χ3n) is 3.49. The first-order valence-corrected chi connectivity index (χ1v) is 6.71. The highest BCUT2D eigenvalue weighted by atomic mass is 35.5. The van der Waals surface area contributed by atoms with Gasteiger partial charge in [-0.1, -0.05) is 6.07 Å². The number of halogens is 1. The highest BCUT2D eigenvalue weighted by Gasteiger charge is 2.18. The zero-order chi connectivity index (χ0) is 16.9. The van der Waals surface area contributed by atoms with Crippen LogP contribution in [0.15, 0.2) is 18.2 Å². The molecule has 0 saturated carbocycles. The minimum absolute atomic E-state index is 0. The predicted molar refractivity (Wildman–Crippen MR) is 88.1 cm³/mol. The molecule has 1 amide bonds. The average Bonchev–Trinajstić information content (AvgIpc) is 2.45. The average molecular weight is 346 g/mol. The quantitative estimate of drug-likeness (QED) is 0.577. The Labute approximate surface area is 140 Å². The van der Waals surface area contributed by atoms with E-state index in [9.17, 15) is 19.7 Å². The van der Waals surface area contributed by atoms with E-state index in [4.69, 9.17) is 5.11 Å². The fraction of sp³-hybridized carbons (Fsp3) is 0.429. The van der Waals surface area contributed by atoms with Crippen molar-refractivity contribution in [3.63, 3.8) is 0 Å². The summed E-state index contributed by atoms with van der Waals surface area (Å²) in [5.41, 5.74) is 0.704. The van der Waals surface area contributed by atoms with E-state index in [1.54, 1.807) is 24.9 Å². The summed E-state index contributed by atoms with van der Waals surface area (Å²) in [4.78, 5) is 34.6. The molecule has 0 aromatic heterocycles. The Morgan fingerprint density at radius 2 is 2.04 bits per heavy atom. The lowest BCUT2D eigenvalue weighted by Gasteiger charge is -2.20. The Bertz CT molecular complexity index is 594. The van der Waals surface area contributed by atoms with E-state index in [-0.39, 0.29) is 37.0 Å². The topological polar surface area (TPSA) is 113 Å². The highest BCUT2D eigenvalue weighted by molar-refractivity contribution is 5.92. The summed E-state index contributed by atoms with van der Waals surface area (Å²) >= 11 is 0. The van der Waals surface area contributed by atoms with Gasteiger partial charge in [0.25, 0.3) is 5.69 Å². The number of likely N-dealkylation sites (N-methyl/N-ethyl adjacent to an activating group) is 1. The summed E-state index contributed by atoms with van der Waals surface area (Å²) in [6, 6.07) is 3.77. The summed E-state index contributed by atoms with van der Waals surface area (Å²) in [6.45, 7) is 3.37. The Kier molecular flexibility index (Phi) is 8.20. The van der Waals surface area contributed by atoms with Crippen LogP contribution in [0, 0.1) is 17.0 Å². The van der Waals surface area contributed by atoms with E-state index in [0.29, 0.717) is 11.3 Å². The van der Waals surface area contributed by atoms with Crippen molar-refractivity contribution in [1.82, 2.24) is 4.90 Å². The van der Waals surface area contributed by atoms with Crippen molar-refractivity contribution in [2.45, 2.75) is 26.3 Å². The lowest BCUT2D eigenvalue weighted by Crippen LogP contribution is -2.37. The molecule has 0 radical (unpaired) electrons. The number of nitrogens with one attached hydrogen (secondary N) is 1. The second-order valence-corrected chi connectivity index (χ2v) is 5.00. The molecule has 1 atom stereocenters. The lowest BCUT2D eigenvalue weighted by atomic mass is 10.1. The number of nitro groups is 1. The molecule has 1 aromatic carbocycles. The standard InChI is InChI=1S/C14H19N3O5.ClH/c1-9-11(5-4-6-12(9)17(21)22)15-13(18)7-8-16(3)10(2)14(19)20;/h4-6,10H,7-8H2,1-3H3,(H,15,18)(H,19,20);1H. The number of carbonyl (C=O) groups is 2. The molecule has 0 aliphatic rings. The monoisotopic (exact) mass is 345 g/mol. The van der Waals surface area contributed by atoms with Gasteiger partial charge in [-0.25, -0.2) is 0 Å². The van der Waals surface area contributed by atoms with Gasteiger partial charge in [0, 0.05) is 19.0 Å². The van der Waals surface area contributed by atoms with Crippen LogP contribution in [0.5, 0.6) is 0 Å². The molecule has 0 heterocycles. The first-order chi connectivity index (χ1) is 10.2. The number of carboxylic acid groups (broad SMARTS) is 1. The fourth-order valence-corrected chi connectivity index (χ4v) is 1.83. The molecule has 2 N–H and O–H groups in total. The lowest BCUT2D eigenvalue weighted by molar-refractivity contribution is -0.385. The molecule has 23 heavy (non-hydrogen) atoms. The van der Waals surface area contributed by atoms with Gasteiger partial charge in [-0.15, -0.1) is 12.4 Å². The Balaban J connectivity index is 0.00000484. The zero-order valence-electron chi connectivity index (χ0n) is 13.1. The number of nitrogens with zero attached hydrogens (tertiary/aromatic N) is 2. The molecular formula is C14H20ClN3O5. The molecule has 1 rings (SSSR count). The van der Waals surface area contributed by atoms with Gasteiger partial charge >= 0.3 is 5.97 Å². The van der Waals surface area contributed by atoms with Crippen LogP contribution in [0.4, 0.5) is 11.4 Å². The van der Waals surface area contributed by atoms with Crippen molar-refractivity contribution in [2.75, 3.05) is 18.9 Å². The first-order valence-electron chi connectivity index (χ1n) is 6.71. The summed E-state index contributed by atoms with van der Waals surface area (Å²) in [6.07, 6.45) is 0.0935. The first kappa shape index (κ1) is 20.8. The zero-order valence-corrected chi connectivity index (χ0v) is 13.9. The molecule has 1 unspecified atom stereocenters. The number of anilines is 1. The van der Waals surface area contributed by atoms with E-state index < -0.39 is 16.9 Å². The van der Waals surface area contributed by atoms with Crippen LogP contribution >= 0.6 is 12.4 Å². The Morgan fingerprint density at radius 3 is 2.57 bits per heavy atom. The Hall–Kier alpha value is -2.19. The van der Waals surface area contributed by atoms with E-state index in [2.05, 4.69) is 5.32 Å². The number of hydrogen-bond acceptors (Lipinski definition) is 5. The van der Waals surface area contributed by atoms with Crippen LogP contribution in [0.25, 0.3) is 0 Å². The maximum Gasteiger partial charge on any atom is 0.320 e. The molecule has 8 nitrogen and oxygen atoms in total. The summed E-state index contributed by atoms with van der Waals surface area (Å²) in [7, 11) is 1.62. The van der Waals surface area contributed by atoms with Gasteiger partial charge in [-0.05, 0) is 27.0 Å². The Morgan fingerprint density at radius 1 is 1.43 bits per heavy atom. The van der Waals surface area contributed by atoms with Crippen LogP contribution in [-0.2, 0) is 9.59 Å². The van der Waals surface area contributed by atoms with Crippen LogP contribution in [0.2, 0.25) is 0 Å². The molecule has 0 spiro atoms. The summed E-state index contributed by atoms with van der Waals surface area (Å²) in [5, 5.41) is 22.3. The summed E-state index contributed by atoms with van der Waals surface area (Å²) < 4.78 is 0. The minimum atomic E-state index is -0.961. The number of rotatable bonds is 7.